The molecule has 6 heterocycles. The zero-order chi connectivity index (χ0) is 52.5. The number of fused-ring (bicyclic) bond motifs is 2. The first kappa shape index (κ1) is 51.6. The number of thiazole rings is 2. The van der Waals surface area contributed by atoms with Crippen LogP contribution in [-0.2, 0) is 32.8 Å². The first-order chi connectivity index (χ1) is 36.8. The third kappa shape index (κ3) is 11.9. The van der Waals surface area contributed by atoms with Crippen molar-refractivity contribution >= 4 is 75.4 Å². The van der Waals surface area contributed by atoms with Gasteiger partial charge in [0.2, 0.25) is 0 Å². The van der Waals surface area contributed by atoms with Crippen LogP contribution in [-0.4, -0.2) is 101 Å². The fraction of sp³-hybridized carbons (Fsp3) is 0.393. The molecule has 0 bridgehead atoms. The van der Waals surface area contributed by atoms with Gasteiger partial charge in [-0.25, -0.2) is 14.8 Å². The van der Waals surface area contributed by atoms with Crippen LogP contribution in [0.15, 0.2) is 94.0 Å². The summed E-state index contributed by atoms with van der Waals surface area (Å²) in [6.45, 7) is 8.39. The number of ether oxygens (including phenoxy) is 2. The summed E-state index contributed by atoms with van der Waals surface area (Å²) in [6, 6.07) is 26.9. The van der Waals surface area contributed by atoms with Gasteiger partial charge in [0.1, 0.15) is 22.9 Å². The summed E-state index contributed by atoms with van der Waals surface area (Å²) in [6.07, 6.45) is 8.47. The summed E-state index contributed by atoms with van der Waals surface area (Å²) in [7, 11) is -4.13. The van der Waals surface area contributed by atoms with E-state index >= 15 is 0 Å². The molecule has 396 valence electrons. The van der Waals surface area contributed by atoms with E-state index in [2.05, 4.69) is 63.5 Å². The van der Waals surface area contributed by atoms with Gasteiger partial charge in [0, 0.05) is 72.4 Å². The average molecular weight is 1090 g/mol. The SMILES string of the molecule is Cc1ccccc1-c1noc(C2CC2)c1COC1CCN(c2nc3ccc(C(=O)NCCS(=O)(=O)O)cc3s2)CC1.Cc1ccccc1-c1noc(C2CC2)c1COC1CCN(c2nc3ccc(C(=O)O)cc3s2)CC1. The van der Waals surface area contributed by atoms with Crippen molar-refractivity contribution in [1.29, 1.82) is 0 Å². The smallest absolute Gasteiger partial charge is 0.335 e. The molecule has 0 spiro atoms. The lowest BCUT2D eigenvalue weighted by molar-refractivity contribution is 0.0245. The van der Waals surface area contributed by atoms with Crippen molar-refractivity contribution in [3.05, 3.63) is 130 Å². The van der Waals surface area contributed by atoms with Gasteiger partial charge in [-0.05, 0) is 113 Å². The van der Waals surface area contributed by atoms with Crippen molar-refractivity contribution in [2.24, 2.45) is 0 Å². The van der Waals surface area contributed by atoms with Gasteiger partial charge in [-0.1, -0.05) is 81.5 Å². The molecular weight excluding hydrogens is 1030 g/mol. The van der Waals surface area contributed by atoms with Gasteiger partial charge in [-0.15, -0.1) is 0 Å². The zero-order valence-corrected chi connectivity index (χ0v) is 44.7. The lowest BCUT2D eigenvalue weighted by Crippen LogP contribution is -2.36. The number of aromatic nitrogens is 4. The predicted octanol–water partition coefficient (Wildman–Crippen LogP) is 11.0. The Kier molecular flexibility index (Phi) is 15.1. The molecular formula is C56H59N7O10S3. The van der Waals surface area contributed by atoms with Crippen molar-refractivity contribution < 1.29 is 46.2 Å². The van der Waals surface area contributed by atoms with Crippen LogP contribution in [0.2, 0.25) is 0 Å². The second-order valence-corrected chi connectivity index (χ2v) is 23.7. The first-order valence-electron chi connectivity index (χ1n) is 25.9. The highest BCUT2D eigenvalue weighted by molar-refractivity contribution is 7.85. The molecule has 2 saturated heterocycles. The molecule has 4 aliphatic rings. The molecule has 1 amide bonds. The minimum absolute atomic E-state index is 0.130. The van der Waals surface area contributed by atoms with Gasteiger partial charge < -0.3 is 38.7 Å². The second-order valence-electron chi connectivity index (χ2n) is 20.1. The van der Waals surface area contributed by atoms with E-state index in [0.717, 1.165) is 153 Å². The number of carbonyl (C=O) groups is 2. The van der Waals surface area contributed by atoms with Gasteiger partial charge in [-0.3, -0.25) is 9.35 Å². The quantitative estimate of drug-likeness (QED) is 0.0721. The Balaban J connectivity index is 0.000000164. The van der Waals surface area contributed by atoms with Gasteiger partial charge in [-0.2, -0.15) is 8.42 Å². The maximum atomic E-state index is 12.4. The largest absolute Gasteiger partial charge is 0.478 e. The van der Waals surface area contributed by atoms with Crippen LogP contribution in [0.3, 0.4) is 0 Å². The number of aromatic carboxylic acids is 1. The van der Waals surface area contributed by atoms with Crippen LogP contribution in [0.25, 0.3) is 42.9 Å². The van der Waals surface area contributed by atoms with Crippen molar-refractivity contribution in [2.75, 3.05) is 48.3 Å². The van der Waals surface area contributed by atoms with Gasteiger partial charge in [0.05, 0.1) is 57.2 Å². The van der Waals surface area contributed by atoms with E-state index in [1.807, 2.05) is 24.3 Å². The van der Waals surface area contributed by atoms with Gasteiger partial charge in [0.25, 0.3) is 16.0 Å². The van der Waals surface area contributed by atoms with E-state index in [0.29, 0.717) is 36.2 Å². The van der Waals surface area contributed by atoms with Crippen molar-refractivity contribution in [1.82, 2.24) is 25.6 Å². The topological polar surface area (TPSA) is 224 Å². The van der Waals surface area contributed by atoms with E-state index in [9.17, 15) is 23.1 Å². The molecule has 17 nitrogen and oxygen atoms in total. The number of anilines is 2. The van der Waals surface area contributed by atoms with Crippen LogP contribution in [0.1, 0.15) is 118 Å². The molecule has 4 aromatic carbocycles. The summed E-state index contributed by atoms with van der Waals surface area (Å²) < 4.78 is 56.9. The molecule has 0 atom stereocenters. The van der Waals surface area contributed by atoms with Crippen LogP contribution < -0.4 is 15.1 Å². The lowest BCUT2D eigenvalue weighted by Gasteiger charge is -2.31. The predicted molar refractivity (Wildman–Crippen MR) is 292 cm³/mol. The molecule has 0 unspecified atom stereocenters. The Labute approximate surface area is 448 Å². The Hall–Kier alpha value is -6.55. The minimum Gasteiger partial charge on any atom is -0.478 e. The van der Waals surface area contributed by atoms with E-state index in [4.69, 9.17) is 33.0 Å². The number of amides is 1. The second kappa shape index (κ2) is 22.2. The fourth-order valence-electron chi connectivity index (χ4n) is 9.95. The molecule has 2 aliphatic carbocycles. The molecule has 4 fully saturated rings. The van der Waals surface area contributed by atoms with Crippen LogP contribution >= 0.6 is 22.7 Å². The number of hydrogen-bond acceptors (Lipinski definition) is 16. The minimum atomic E-state index is -4.13. The van der Waals surface area contributed by atoms with E-state index in [1.54, 1.807) is 47.7 Å². The summed E-state index contributed by atoms with van der Waals surface area (Å²) >= 11 is 3.08. The monoisotopic (exact) mass is 1090 g/mol. The third-order valence-corrected chi connectivity index (χ3v) is 17.5. The maximum absolute atomic E-state index is 12.4. The Bertz CT molecular complexity index is 3510. The number of carboxylic acid groups (broad SMARTS) is 1. The van der Waals surface area contributed by atoms with Crippen LogP contribution in [0, 0.1) is 13.8 Å². The fourth-order valence-corrected chi connectivity index (χ4v) is 12.4. The standard InChI is InChI=1S/C29H32N4O6S2.C27H27N3O4S/c1-18-4-2-3-5-22(18)26-23(27(39-32-26)19-6-7-19)17-38-21-10-13-33(14-11-21)29-31-24-9-8-20(16-25(24)40-29)28(34)30-12-15-41(35,36)37;1-16-4-2-3-5-20(16)24-21(25(34-29-24)17-6-7-17)15-33-19-10-12-30(13-11-19)27-28-22-9-8-18(26(31)32)14-23(22)35-27/h2-5,8-9,16,19,21H,6-7,10-15,17H2,1H3,(H,30,34)(H,35,36,37);2-5,8-9,14,17,19H,6-7,10-13,15H2,1H3,(H,31,32). The molecule has 12 rings (SSSR count). The Morgan fingerprint density at radius 3 is 1.54 bits per heavy atom. The molecule has 2 saturated carbocycles. The van der Waals surface area contributed by atoms with Gasteiger partial charge >= 0.3 is 5.97 Å². The number of rotatable bonds is 17. The molecule has 76 heavy (non-hydrogen) atoms. The van der Waals surface area contributed by atoms with Crippen LogP contribution in [0.5, 0.6) is 0 Å². The molecule has 2 aliphatic heterocycles. The molecule has 8 aromatic rings. The molecule has 0 radical (unpaired) electrons. The summed E-state index contributed by atoms with van der Waals surface area (Å²) in [5.74, 6) is 1.05. The molecule has 4 aromatic heterocycles. The van der Waals surface area contributed by atoms with Crippen LogP contribution in [0.4, 0.5) is 10.3 Å². The third-order valence-electron chi connectivity index (χ3n) is 14.6. The average Bonchev–Trinajstić information content (AvgIpc) is 4.28. The number of aryl methyl sites for hydroxylation is 2. The summed E-state index contributed by atoms with van der Waals surface area (Å²) in [4.78, 5) is 37.7. The number of nitrogens with one attached hydrogen (secondary N) is 1. The highest BCUT2D eigenvalue weighted by atomic mass is 32.2. The number of hydrogen-bond donors (Lipinski definition) is 3. The molecule has 20 heteroatoms. The van der Waals surface area contributed by atoms with Crippen molar-refractivity contribution in [2.45, 2.75) is 102 Å². The number of piperidine rings is 2. The first-order valence-corrected chi connectivity index (χ1v) is 29.2. The zero-order valence-electron chi connectivity index (χ0n) is 42.3. The number of carbonyl (C=O) groups excluding carboxylic acids is 1. The maximum Gasteiger partial charge on any atom is 0.335 e. The number of nitrogens with zero attached hydrogens (tertiary/aromatic N) is 6. The van der Waals surface area contributed by atoms with E-state index < -0.39 is 27.7 Å². The van der Waals surface area contributed by atoms with Crippen molar-refractivity contribution in [3.8, 4) is 22.5 Å². The highest BCUT2D eigenvalue weighted by Gasteiger charge is 2.35. The highest BCUT2D eigenvalue weighted by Crippen LogP contribution is 2.46. The molecule has 3 N–H and O–H groups in total. The lowest BCUT2D eigenvalue weighted by atomic mass is 10.0. The van der Waals surface area contributed by atoms with E-state index in [-0.39, 0.29) is 18.8 Å². The van der Waals surface area contributed by atoms with E-state index in [1.165, 1.54) is 22.5 Å². The Morgan fingerprint density at radius 2 is 1.11 bits per heavy atom. The number of carboxylic acids is 1. The summed E-state index contributed by atoms with van der Waals surface area (Å²) in [5.41, 5.74) is 10.9. The summed E-state index contributed by atoms with van der Waals surface area (Å²) in [5, 5.41) is 22.5. The normalized spacial score (nSPS) is 16.6. The van der Waals surface area contributed by atoms with Gasteiger partial charge in [0.15, 0.2) is 10.3 Å². The Morgan fingerprint density at radius 1 is 0.658 bits per heavy atom. The van der Waals surface area contributed by atoms with Crippen molar-refractivity contribution in [3.63, 3.8) is 0 Å². The number of benzene rings is 4.